The van der Waals surface area contributed by atoms with Gasteiger partial charge in [-0.05, 0) is 6.92 Å². The number of aliphatic hydroxyl groups excluding tert-OH is 1. The van der Waals surface area contributed by atoms with Gasteiger partial charge in [-0.1, -0.05) is 6.92 Å². The minimum absolute atomic E-state index is 0.236. The summed E-state index contributed by atoms with van der Waals surface area (Å²) in [5, 5.41) is 9.01. The maximum atomic E-state index is 13.3. The van der Waals surface area contributed by atoms with Crippen LogP contribution in [0.1, 0.15) is 12.5 Å². The lowest BCUT2D eigenvalue weighted by Gasteiger charge is -2.52. The van der Waals surface area contributed by atoms with Gasteiger partial charge in [0.1, 0.15) is 6.67 Å². The lowest BCUT2D eigenvalue weighted by Crippen LogP contribution is -2.65. The number of nitrogens with one attached hydrogen (secondary N) is 1. The second-order valence-electron chi connectivity index (χ2n) is 4.55. The Morgan fingerprint density at radius 3 is 2.78 bits per heavy atom. The number of aliphatic hydroxyl groups is 1. The molecule has 0 bridgehead atoms. The van der Waals surface area contributed by atoms with Crippen LogP contribution in [0.15, 0.2) is 15.8 Å². The van der Waals surface area contributed by atoms with Gasteiger partial charge in [0.2, 0.25) is 0 Å². The van der Waals surface area contributed by atoms with Crippen LogP contribution < -0.4 is 11.2 Å². The molecular weight excluding hydrogens is 243 g/mol. The summed E-state index contributed by atoms with van der Waals surface area (Å²) in [6.45, 7) is 2.07. The molecule has 1 aliphatic heterocycles. The third kappa shape index (κ3) is 1.62. The number of rotatable bonds is 3. The highest BCUT2D eigenvalue weighted by atomic mass is 19.1. The molecular formula is C11H15FN2O4. The van der Waals surface area contributed by atoms with Gasteiger partial charge in [0, 0.05) is 17.7 Å². The van der Waals surface area contributed by atoms with Crippen LogP contribution in [0.3, 0.4) is 0 Å². The van der Waals surface area contributed by atoms with Crippen molar-refractivity contribution in [3.8, 4) is 0 Å². The second-order valence-corrected chi connectivity index (χ2v) is 4.55. The molecule has 3 atom stereocenters. The third-order valence-electron chi connectivity index (χ3n) is 3.52. The number of nitrogens with zero attached hydrogens (tertiary/aromatic N) is 1. The van der Waals surface area contributed by atoms with Crippen LogP contribution in [0.25, 0.3) is 0 Å². The molecule has 0 spiro atoms. The number of halogens is 1. The van der Waals surface area contributed by atoms with Gasteiger partial charge >= 0.3 is 5.69 Å². The summed E-state index contributed by atoms with van der Waals surface area (Å²) in [5.41, 5.74) is -2.35. The Hall–Kier alpha value is -1.47. The van der Waals surface area contributed by atoms with Gasteiger partial charge in [-0.3, -0.25) is 14.3 Å². The van der Waals surface area contributed by atoms with Crippen molar-refractivity contribution >= 4 is 0 Å². The van der Waals surface area contributed by atoms with Crippen molar-refractivity contribution in [1.29, 1.82) is 0 Å². The van der Waals surface area contributed by atoms with Gasteiger partial charge in [0.15, 0.2) is 5.72 Å². The monoisotopic (exact) mass is 258 g/mol. The summed E-state index contributed by atoms with van der Waals surface area (Å²) in [5.74, 6) is -0.365. The third-order valence-corrected chi connectivity index (χ3v) is 3.52. The van der Waals surface area contributed by atoms with E-state index in [1.54, 1.807) is 6.92 Å². The standard InChI is InChI=1S/C11H15FN2O4/c1-6-3-14(10(17)13-9(6)16)11(5-12)7(2)8(4-15)18-11/h3,7-8,15H,4-5H2,1-2H3,(H,13,16,17)/t7?,8-,11+/m1/s1. The molecule has 2 rings (SSSR count). The molecule has 1 aromatic heterocycles. The molecule has 7 heteroatoms. The molecule has 1 aromatic rings. The zero-order valence-electron chi connectivity index (χ0n) is 10.1. The van der Waals surface area contributed by atoms with Crippen LogP contribution in [-0.4, -0.2) is 34.0 Å². The van der Waals surface area contributed by atoms with E-state index in [0.29, 0.717) is 5.56 Å². The fourth-order valence-electron chi connectivity index (χ4n) is 2.23. The van der Waals surface area contributed by atoms with Crippen molar-refractivity contribution in [1.82, 2.24) is 9.55 Å². The largest absolute Gasteiger partial charge is 0.394 e. The predicted octanol–water partition coefficient (Wildman–Crippen LogP) is -0.505. The number of aromatic nitrogens is 2. The lowest BCUT2D eigenvalue weighted by molar-refractivity contribution is -0.318. The molecule has 1 fully saturated rings. The Bertz CT molecular complexity index is 567. The Kier molecular flexibility index (Phi) is 3.12. The maximum absolute atomic E-state index is 13.3. The number of ether oxygens (including phenoxy) is 1. The average molecular weight is 258 g/mol. The topological polar surface area (TPSA) is 84.3 Å². The molecule has 0 radical (unpaired) electrons. The highest BCUT2D eigenvalue weighted by Gasteiger charge is 2.55. The van der Waals surface area contributed by atoms with E-state index < -0.39 is 29.8 Å². The van der Waals surface area contributed by atoms with Crippen LogP contribution in [0, 0.1) is 12.8 Å². The average Bonchev–Trinajstić information content (AvgIpc) is 2.34. The summed E-state index contributed by atoms with van der Waals surface area (Å²) >= 11 is 0. The van der Waals surface area contributed by atoms with Gasteiger partial charge in [-0.25, -0.2) is 9.18 Å². The minimum Gasteiger partial charge on any atom is -0.394 e. The van der Waals surface area contributed by atoms with Crippen LogP contribution in [0.2, 0.25) is 0 Å². The number of H-pyrrole nitrogens is 1. The lowest BCUT2D eigenvalue weighted by atomic mass is 9.85. The number of hydrogen-bond acceptors (Lipinski definition) is 4. The molecule has 2 N–H and O–H groups in total. The highest BCUT2D eigenvalue weighted by molar-refractivity contribution is 5.06. The first-order chi connectivity index (χ1) is 8.46. The van der Waals surface area contributed by atoms with E-state index in [1.165, 1.54) is 13.1 Å². The van der Waals surface area contributed by atoms with E-state index in [1.807, 2.05) is 0 Å². The van der Waals surface area contributed by atoms with E-state index in [0.717, 1.165) is 4.57 Å². The first-order valence-electron chi connectivity index (χ1n) is 5.64. The van der Waals surface area contributed by atoms with E-state index in [4.69, 9.17) is 9.84 Å². The highest BCUT2D eigenvalue weighted by Crippen LogP contribution is 2.42. The molecule has 1 saturated heterocycles. The van der Waals surface area contributed by atoms with Crippen LogP contribution in [0.5, 0.6) is 0 Å². The molecule has 1 aliphatic rings. The molecule has 0 aromatic carbocycles. The van der Waals surface area contributed by atoms with Crippen LogP contribution >= 0.6 is 0 Å². The quantitative estimate of drug-likeness (QED) is 0.765. The number of alkyl halides is 1. The fourth-order valence-corrected chi connectivity index (χ4v) is 2.23. The maximum Gasteiger partial charge on any atom is 0.330 e. The smallest absolute Gasteiger partial charge is 0.330 e. The number of hydrogen-bond donors (Lipinski definition) is 2. The fraction of sp³-hybridized carbons (Fsp3) is 0.636. The van der Waals surface area contributed by atoms with Crippen molar-refractivity contribution < 1.29 is 14.2 Å². The summed E-state index contributed by atoms with van der Waals surface area (Å²) < 4.78 is 19.7. The van der Waals surface area contributed by atoms with Gasteiger partial charge < -0.3 is 9.84 Å². The van der Waals surface area contributed by atoms with Crippen LogP contribution in [-0.2, 0) is 10.5 Å². The molecule has 0 aliphatic carbocycles. The zero-order chi connectivity index (χ0) is 13.5. The summed E-state index contributed by atoms with van der Waals surface area (Å²) in [6, 6.07) is 0. The SMILES string of the molecule is Cc1cn([C@@]2(CF)O[C@H](CO)C2C)c(=O)[nH]c1=O. The van der Waals surface area contributed by atoms with E-state index in [2.05, 4.69) is 4.98 Å². The zero-order valence-corrected chi connectivity index (χ0v) is 10.1. The Morgan fingerprint density at radius 1 is 1.61 bits per heavy atom. The minimum atomic E-state index is -1.43. The molecule has 1 unspecified atom stereocenters. The summed E-state index contributed by atoms with van der Waals surface area (Å²) in [6.07, 6.45) is 0.782. The summed E-state index contributed by atoms with van der Waals surface area (Å²) in [4.78, 5) is 25.1. The Labute approximate surface area is 102 Å². The van der Waals surface area contributed by atoms with E-state index in [9.17, 15) is 14.0 Å². The molecule has 2 heterocycles. The van der Waals surface area contributed by atoms with Gasteiger partial charge in [-0.2, -0.15) is 0 Å². The molecule has 0 amide bonds. The first-order valence-corrected chi connectivity index (χ1v) is 5.64. The van der Waals surface area contributed by atoms with Crippen molar-refractivity contribution in [2.75, 3.05) is 13.3 Å². The normalized spacial score (nSPS) is 31.1. The van der Waals surface area contributed by atoms with Crippen molar-refractivity contribution in [3.05, 3.63) is 32.6 Å². The molecule has 0 saturated carbocycles. The Morgan fingerprint density at radius 2 is 2.28 bits per heavy atom. The Balaban J connectivity index is 2.51. The molecule has 18 heavy (non-hydrogen) atoms. The van der Waals surface area contributed by atoms with Crippen molar-refractivity contribution in [3.63, 3.8) is 0 Å². The first kappa shape index (κ1) is 13.0. The van der Waals surface area contributed by atoms with Gasteiger partial charge in [-0.15, -0.1) is 0 Å². The van der Waals surface area contributed by atoms with Crippen LogP contribution in [0.4, 0.5) is 4.39 Å². The number of aryl methyl sites for hydroxylation is 1. The van der Waals surface area contributed by atoms with Crippen molar-refractivity contribution in [2.24, 2.45) is 5.92 Å². The van der Waals surface area contributed by atoms with E-state index >= 15 is 0 Å². The van der Waals surface area contributed by atoms with E-state index in [-0.39, 0.29) is 12.5 Å². The predicted molar refractivity (Wildman–Crippen MR) is 61.1 cm³/mol. The van der Waals surface area contributed by atoms with Gasteiger partial charge in [0.05, 0.1) is 12.7 Å². The summed E-state index contributed by atoms with van der Waals surface area (Å²) in [7, 11) is 0. The second kappa shape index (κ2) is 4.33. The van der Waals surface area contributed by atoms with Gasteiger partial charge in [0.25, 0.3) is 5.56 Å². The number of aromatic amines is 1. The van der Waals surface area contributed by atoms with Crippen molar-refractivity contribution in [2.45, 2.75) is 25.7 Å². The molecule has 6 nitrogen and oxygen atoms in total. The molecule has 100 valence electrons.